The van der Waals surface area contributed by atoms with Crippen LogP contribution in [0.5, 0.6) is 11.5 Å². The van der Waals surface area contributed by atoms with Gasteiger partial charge in [0.1, 0.15) is 11.5 Å². The van der Waals surface area contributed by atoms with Crippen molar-refractivity contribution in [3.63, 3.8) is 0 Å². The minimum absolute atomic E-state index is 0.0279. The van der Waals surface area contributed by atoms with Crippen LogP contribution in [0.3, 0.4) is 0 Å². The molecule has 128 valence electrons. The maximum atomic E-state index is 12.2. The molecule has 1 aromatic heterocycles. The van der Waals surface area contributed by atoms with Crippen LogP contribution in [-0.2, 0) is 0 Å². The summed E-state index contributed by atoms with van der Waals surface area (Å²) in [7, 11) is 3.09. The molecule has 0 atom stereocenters. The highest BCUT2D eigenvalue weighted by atomic mass is 35.5. The topological polar surface area (TPSA) is 86.5 Å². The number of nitrogens with zero attached hydrogens (tertiary/aromatic N) is 2. The summed E-state index contributed by atoms with van der Waals surface area (Å²) in [6.45, 7) is 0. The zero-order valence-corrected chi connectivity index (χ0v) is 14.2. The van der Waals surface area contributed by atoms with E-state index in [0.29, 0.717) is 27.6 Å². The van der Waals surface area contributed by atoms with Crippen molar-refractivity contribution in [3.05, 3.63) is 53.1 Å². The number of methoxy groups -OCH3 is 2. The molecule has 0 saturated carbocycles. The highest BCUT2D eigenvalue weighted by molar-refractivity contribution is 6.30. The van der Waals surface area contributed by atoms with Crippen LogP contribution in [0.25, 0.3) is 11.5 Å². The smallest absolute Gasteiger partial charge is 0.322 e. The fourth-order valence-corrected chi connectivity index (χ4v) is 2.26. The number of rotatable bonds is 5. The van der Waals surface area contributed by atoms with Crippen molar-refractivity contribution in [2.45, 2.75) is 0 Å². The number of aromatic nitrogens is 2. The van der Waals surface area contributed by atoms with Gasteiger partial charge in [-0.15, -0.1) is 5.10 Å². The third-order valence-corrected chi connectivity index (χ3v) is 3.64. The first kappa shape index (κ1) is 16.8. The van der Waals surface area contributed by atoms with Gasteiger partial charge in [-0.05, 0) is 42.5 Å². The normalized spacial score (nSPS) is 10.4. The van der Waals surface area contributed by atoms with Crippen LogP contribution in [0, 0.1) is 0 Å². The second-order valence-corrected chi connectivity index (χ2v) is 5.38. The number of ether oxygens (including phenoxy) is 2. The van der Waals surface area contributed by atoms with Crippen molar-refractivity contribution in [2.75, 3.05) is 19.5 Å². The molecular weight excluding hydrogens is 346 g/mol. The summed E-state index contributed by atoms with van der Waals surface area (Å²) in [6, 6.07) is 11.6. The van der Waals surface area contributed by atoms with E-state index >= 15 is 0 Å². The average Bonchev–Trinajstić information content (AvgIpc) is 3.10. The number of hydrogen-bond donors (Lipinski definition) is 1. The molecule has 25 heavy (non-hydrogen) atoms. The van der Waals surface area contributed by atoms with Crippen molar-refractivity contribution in [3.8, 4) is 23.0 Å². The number of nitrogens with one attached hydrogen (secondary N) is 1. The van der Waals surface area contributed by atoms with E-state index in [0.717, 1.165) is 0 Å². The van der Waals surface area contributed by atoms with Crippen molar-refractivity contribution < 1.29 is 18.7 Å². The second-order valence-electron chi connectivity index (χ2n) is 4.94. The van der Waals surface area contributed by atoms with Gasteiger partial charge in [-0.3, -0.25) is 10.1 Å². The zero-order chi connectivity index (χ0) is 17.8. The number of halogens is 1. The van der Waals surface area contributed by atoms with Crippen molar-refractivity contribution >= 4 is 23.5 Å². The summed E-state index contributed by atoms with van der Waals surface area (Å²) in [5.74, 6) is 0.965. The van der Waals surface area contributed by atoms with E-state index in [4.69, 9.17) is 25.5 Å². The first-order chi connectivity index (χ1) is 12.1. The Morgan fingerprint density at radius 1 is 1.08 bits per heavy atom. The van der Waals surface area contributed by atoms with Crippen molar-refractivity contribution in [2.24, 2.45) is 0 Å². The lowest BCUT2D eigenvalue weighted by Crippen LogP contribution is -2.11. The molecule has 0 saturated heterocycles. The Kier molecular flexibility index (Phi) is 4.85. The molecular formula is C17H14ClN3O4. The van der Waals surface area contributed by atoms with E-state index in [-0.39, 0.29) is 17.8 Å². The van der Waals surface area contributed by atoms with Gasteiger partial charge < -0.3 is 13.9 Å². The summed E-state index contributed by atoms with van der Waals surface area (Å²) in [6.07, 6.45) is 0. The molecule has 3 rings (SSSR count). The van der Waals surface area contributed by atoms with Gasteiger partial charge in [-0.1, -0.05) is 16.7 Å². The minimum Gasteiger partial charge on any atom is -0.497 e. The number of carbonyl (C=O) groups excluding carboxylic acids is 1. The third-order valence-electron chi connectivity index (χ3n) is 3.39. The molecule has 1 N–H and O–H groups in total. The SMILES string of the molecule is COc1ccc(OC)c(-c2nnc(NC(=O)c3ccc(Cl)cc3)o2)c1. The van der Waals surface area contributed by atoms with Gasteiger partial charge in [0.25, 0.3) is 11.8 Å². The van der Waals surface area contributed by atoms with E-state index in [1.54, 1.807) is 49.6 Å². The molecule has 8 heteroatoms. The third kappa shape index (κ3) is 3.72. The Bertz CT molecular complexity index is 893. The monoisotopic (exact) mass is 359 g/mol. The minimum atomic E-state index is -0.385. The lowest BCUT2D eigenvalue weighted by atomic mass is 10.2. The predicted molar refractivity (Wildman–Crippen MR) is 92.2 cm³/mol. The molecule has 2 aromatic carbocycles. The summed E-state index contributed by atoms with van der Waals surface area (Å²) in [4.78, 5) is 12.2. The van der Waals surface area contributed by atoms with Crippen LogP contribution in [0.2, 0.25) is 5.02 Å². The van der Waals surface area contributed by atoms with Gasteiger partial charge in [0.05, 0.1) is 19.8 Å². The number of benzene rings is 2. The van der Waals surface area contributed by atoms with Crippen molar-refractivity contribution in [1.82, 2.24) is 10.2 Å². The molecule has 0 aliphatic heterocycles. The van der Waals surface area contributed by atoms with Gasteiger partial charge in [-0.25, -0.2) is 0 Å². The Labute approximate surface area is 148 Å². The Hall–Kier alpha value is -3.06. The quantitative estimate of drug-likeness (QED) is 0.748. The largest absolute Gasteiger partial charge is 0.497 e. The van der Waals surface area contributed by atoms with Crippen LogP contribution in [0.4, 0.5) is 6.01 Å². The molecule has 0 aliphatic rings. The van der Waals surface area contributed by atoms with E-state index in [2.05, 4.69) is 15.5 Å². The van der Waals surface area contributed by atoms with Gasteiger partial charge in [-0.2, -0.15) is 0 Å². The zero-order valence-electron chi connectivity index (χ0n) is 13.4. The van der Waals surface area contributed by atoms with Crippen LogP contribution in [0.15, 0.2) is 46.9 Å². The van der Waals surface area contributed by atoms with Gasteiger partial charge in [0.2, 0.25) is 0 Å². The van der Waals surface area contributed by atoms with E-state index in [1.807, 2.05) is 0 Å². The number of carbonyl (C=O) groups is 1. The summed E-state index contributed by atoms with van der Waals surface area (Å²) in [5, 5.41) is 10.9. The van der Waals surface area contributed by atoms with Gasteiger partial charge in [0.15, 0.2) is 0 Å². The van der Waals surface area contributed by atoms with Crippen LogP contribution in [0.1, 0.15) is 10.4 Å². The van der Waals surface area contributed by atoms with Crippen LogP contribution < -0.4 is 14.8 Å². The highest BCUT2D eigenvalue weighted by Crippen LogP contribution is 2.33. The Balaban J connectivity index is 1.83. The Morgan fingerprint density at radius 2 is 1.84 bits per heavy atom. The van der Waals surface area contributed by atoms with Crippen LogP contribution in [-0.4, -0.2) is 30.3 Å². The molecule has 0 radical (unpaired) electrons. The van der Waals surface area contributed by atoms with Crippen molar-refractivity contribution in [1.29, 1.82) is 0 Å². The average molecular weight is 360 g/mol. The maximum absolute atomic E-state index is 12.2. The molecule has 1 amide bonds. The summed E-state index contributed by atoms with van der Waals surface area (Å²) < 4.78 is 16.0. The summed E-state index contributed by atoms with van der Waals surface area (Å²) in [5.41, 5.74) is 0.976. The van der Waals surface area contributed by atoms with Crippen LogP contribution >= 0.6 is 11.6 Å². The first-order valence-corrected chi connectivity index (χ1v) is 7.61. The molecule has 0 spiro atoms. The lowest BCUT2D eigenvalue weighted by molar-refractivity contribution is 0.102. The predicted octanol–water partition coefficient (Wildman–Crippen LogP) is 3.66. The number of hydrogen-bond acceptors (Lipinski definition) is 6. The number of anilines is 1. The summed E-state index contributed by atoms with van der Waals surface area (Å²) >= 11 is 5.81. The first-order valence-electron chi connectivity index (χ1n) is 7.23. The molecule has 0 bridgehead atoms. The van der Waals surface area contributed by atoms with E-state index in [9.17, 15) is 4.79 Å². The molecule has 0 aliphatic carbocycles. The van der Waals surface area contributed by atoms with E-state index < -0.39 is 0 Å². The maximum Gasteiger partial charge on any atom is 0.322 e. The van der Waals surface area contributed by atoms with Gasteiger partial charge >= 0.3 is 6.01 Å². The standard InChI is InChI=1S/C17H14ClN3O4/c1-23-12-7-8-14(24-2)13(9-12)16-20-21-17(25-16)19-15(22)10-3-5-11(18)6-4-10/h3-9H,1-2H3,(H,19,21,22). The fourth-order valence-electron chi connectivity index (χ4n) is 2.13. The highest BCUT2D eigenvalue weighted by Gasteiger charge is 2.16. The fraction of sp³-hybridized carbons (Fsp3) is 0.118. The molecule has 1 heterocycles. The molecule has 0 unspecified atom stereocenters. The lowest BCUT2D eigenvalue weighted by Gasteiger charge is -2.07. The van der Waals surface area contributed by atoms with E-state index in [1.165, 1.54) is 7.11 Å². The molecule has 7 nitrogen and oxygen atoms in total. The van der Waals surface area contributed by atoms with Gasteiger partial charge in [0, 0.05) is 10.6 Å². The molecule has 0 fully saturated rings. The Morgan fingerprint density at radius 3 is 2.52 bits per heavy atom. The number of amides is 1. The molecule has 3 aromatic rings. The second kappa shape index (κ2) is 7.23.